The van der Waals surface area contributed by atoms with E-state index in [9.17, 15) is 0 Å². The third-order valence-corrected chi connectivity index (χ3v) is 3.84. The molecule has 4 heteroatoms. The molecule has 0 amide bonds. The standard InChI is InChI=1S/C13H14Br2N2/c1-2-17-7-3-4-11(17)9-16-13-8-10(14)5-6-12(13)15/h3-8,16H,2,9H2,1H3. The molecule has 2 aromatic rings. The van der Waals surface area contributed by atoms with Crippen LogP contribution in [0.4, 0.5) is 5.69 Å². The summed E-state index contributed by atoms with van der Waals surface area (Å²) in [6.45, 7) is 3.98. The zero-order chi connectivity index (χ0) is 12.3. The summed E-state index contributed by atoms with van der Waals surface area (Å²) in [5.74, 6) is 0. The first-order valence-electron chi connectivity index (χ1n) is 5.53. The second-order valence-electron chi connectivity index (χ2n) is 3.76. The van der Waals surface area contributed by atoms with Crippen molar-refractivity contribution < 1.29 is 0 Å². The Morgan fingerprint density at radius 1 is 1.24 bits per heavy atom. The van der Waals surface area contributed by atoms with Crippen LogP contribution in [0.25, 0.3) is 0 Å². The van der Waals surface area contributed by atoms with Crippen molar-refractivity contribution in [2.24, 2.45) is 0 Å². The highest BCUT2D eigenvalue weighted by Crippen LogP contribution is 2.26. The highest BCUT2D eigenvalue weighted by Gasteiger charge is 2.02. The van der Waals surface area contributed by atoms with Crippen molar-refractivity contribution in [2.75, 3.05) is 5.32 Å². The Morgan fingerprint density at radius 3 is 2.82 bits per heavy atom. The summed E-state index contributed by atoms with van der Waals surface area (Å²) in [6, 6.07) is 10.3. The average Bonchev–Trinajstić information content (AvgIpc) is 2.77. The van der Waals surface area contributed by atoms with Gasteiger partial charge in [0.2, 0.25) is 0 Å². The maximum Gasteiger partial charge on any atom is 0.0553 e. The van der Waals surface area contributed by atoms with Crippen molar-refractivity contribution in [1.82, 2.24) is 4.57 Å². The van der Waals surface area contributed by atoms with Gasteiger partial charge >= 0.3 is 0 Å². The van der Waals surface area contributed by atoms with Crippen LogP contribution in [0.2, 0.25) is 0 Å². The van der Waals surface area contributed by atoms with Gasteiger partial charge in [0, 0.05) is 33.1 Å². The number of nitrogens with one attached hydrogen (secondary N) is 1. The largest absolute Gasteiger partial charge is 0.379 e. The van der Waals surface area contributed by atoms with E-state index in [1.807, 2.05) is 12.1 Å². The van der Waals surface area contributed by atoms with Gasteiger partial charge < -0.3 is 9.88 Å². The van der Waals surface area contributed by atoms with Gasteiger partial charge in [-0.3, -0.25) is 0 Å². The fourth-order valence-corrected chi connectivity index (χ4v) is 2.49. The minimum Gasteiger partial charge on any atom is -0.379 e. The van der Waals surface area contributed by atoms with Crippen LogP contribution in [0.15, 0.2) is 45.5 Å². The van der Waals surface area contributed by atoms with Crippen LogP contribution in [0.5, 0.6) is 0 Å². The minimum absolute atomic E-state index is 0.829. The second-order valence-corrected chi connectivity index (χ2v) is 5.53. The Morgan fingerprint density at radius 2 is 2.06 bits per heavy atom. The van der Waals surface area contributed by atoms with Crippen LogP contribution in [-0.2, 0) is 13.1 Å². The highest BCUT2D eigenvalue weighted by atomic mass is 79.9. The van der Waals surface area contributed by atoms with Crippen molar-refractivity contribution in [2.45, 2.75) is 20.0 Å². The number of aromatic nitrogens is 1. The van der Waals surface area contributed by atoms with Gasteiger partial charge in [-0.25, -0.2) is 0 Å². The number of benzene rings is 1. The summed E-state index contributed by atoms with van der Waals surface area (Å²) < 4.78 is 4.39. The van der Waals surface area contributed by atoms with Gasteiger partial charge in [-0.05, 0) is 53.2 Å². The van der Waals surface area contributed by atoms with Crippen molar-refractivity contribution in [3.05, 3.63) is 51.2 Å². The maximum atomic E-state index is 3.54. The maximum absolute atomic E-state index is 3.54. The molecule has 1 aromatic carbocycles. The second kappa shape index (κ2) is 5.74. The molecule has 0 aliphatic heterocycles. The van der Waals surface area contributed by atoms with Crippen LogP contribution in [0.3, 0.4) is 0 Å². The smallest absolute Gasteiger partial charge is 0.0553 e. The fraction of sp³-hybridized carbons (Fsp3) is 0.231. The van der Waals surface area contributed by atoms with Crippen molar-refractivity contribution in [1.29, 1.82) is 0 Å². The Labute approximate surface area is 118 Å². The molecule has 0 spiro atoms. The fourth-order valence-electron chi connectivity index (χ4n) is 1.74. The molecule has 17 heavy (non-hydrogen) atoms. The first kappa shape index (κ1) is 12.7. The van der Waals surface area contributed by atoms with Gasteiger partial charge in [-0.15, -0.1) is 0 Å². The number of hydrogen-bond acceptors (Lipinski definition) is 1. The molecular weight excluding hydrogens is 344 g/mol. The molecule has 0 saturated heterocycles. The molecular formula is C13H14Br2N2. The lowest BCUT2D eigenvalue weighted by molar-refractivity contribution is 0.724. The number of aryl methyl sites for hydroxylation is 1. The summed E-state index contributed by atoms with van der Waals surface area (Å²) in [6.07, 6.45) is 2.10. The van der Waals surface area contributed by atoms with Crippen LogP contribution in [0, 0.1) is 0 Å². The predicted octanol–water partition coefficient (Wildman–Crippen LogP) is 4.65. The normalized spacial score (nSPS) is 10.5. The lowest BCUT2D eigenvalue weighted by Crippen LogP contribution is -2.06. The Bertz CT molecular complexity index is 506. The third-order valence-electron chi connectivity index (χ3n) is 2.65. The van der Waals surface area contributed by atoms with E-state index in [0.29, 0.717) is 0 Å². The molecule has 90 valence electrons. The SMILES string of the molecule is CCn1cccc1CNc1cc(Br)ccc1Br. The van der Waals surface area contributed by atoms with Crippen molar-refractivity contribution in [3.8, 4) is 0 Å². The van der Waals surface area contributed by atoms with Crippen LogP contribution >= 0.6 is 31.9 Å². The summed E-state index contributed by atoms with van der Waals surface area (Å²) in [5, 5.41) is 3.43. The summed E-state index contributed by atoms with van der Waals surface area (Å²) in [7, 11) is 0. The Balaban J connectivity index is 2.09. The predicted molar refractivity (Wildman–Crippen MR) is 79.3 cm³/mol. The van der Waals surface area contributed by atoms with E-state index in [1.165, 1.54) is 5.69 Å². The van der Waals surface area contributed by atoms with Gasteiger partial charge in [-0.1, -0.05) is 15.9 Å². The molecule has 2 rings (SSSR count). The molecule has 2 nitrogen and oxygen atoms in total. The molecule has 1 aromatic heterocycles. The molecule has 0 radical (unpaired) electrons. The topological polar surface area (TPSA) is 17.0 Å². The molecule has 0 aliphatic rings. The molecule has 1 N–H and O–H groups in total. The van der Waals surface area contributed by atoms with Crippen LogP contribution in [0.1, 0.15) is 12.6 Å². The zero-order valence-corrected chi connectivity index (χ0v) is 12.8. The summed E-state index contributed by atoms with van der Waals surface area (Å²) >= 11 is 7.02. The molecule has 0 aliphatic carbocycles. The van der Waals surface area contributed by atoms with E-state index in [1.54, 1.807) is 0 Å². The number of halogens is 2. The summed E-state index contributed by atoms with van der Waals surface area (Å²) in [4.78, 5) is 0. The minimum atomic E-state index is 0.829. The molecule has 0 bridgehead atoms. The number of anilines is 1. The van der Waals surface area contributed by atoms with Gasteiger partial charge in [0.15, 0.2) is 0 Å². The van der Waals surface area contributed by atoms with E-state index in [0.717, 1.165) is 27.7 Å². The average molecular weight is 358 g/mol. The molecule has 0 atom stereocenters. The van der Waals surface area contributed by atoms with Gasteiger partial charge in [0.05, 0.1) is 6.54 Å². The third kappa shape index (κ3) is 3.13. The van der Waals surface area contributed by atoms with Crippen LogP contribution < -0.4 is 5.32 Å². The Kier molecular flexibility index (Phi) is 4.29. The number of nitrogens with zero attached hydrogens (tertiary/aromatic N) is 1. The molecule has 0 saturated carbocycles. The lowest BCUT2D eigenvalue weighted by Gasteiger charge is -2.11. The lowest BCUT2D eigenvalue weighted by atomic mass is 10.3. The van der Waals surface area contributed by atoms with Gasteiger partial charge in [0.25, 0.3) is 0 Å². The van der Waals surface area contributed by atoms with E-state index >= 15 is 0 Å². The van der Waals surface area contributed by atoms with Crippen LogP contribution in [-0.4, -0.2) is 4.57 Å². The molecule has 0 fully saturated rings. The van der Waals surface area contributed by atoms with Gasteiger partial charge in [-0.2, -0.15) is 0 Å². The molecule has 0 unspecified atom stereocenters. The number of rotatable bonds is 4. The quantitative estimate of drug-likeness (QED) is 0.842. The first-order valence-corrected chi connectivity index (χ1v) is 7.12. The Hall–Kier alpha value is -0.740. The number of hydrogen-bond donors (Lipinski definition) is 1. The van der Waals surface area contributed by atoms with E-state index in [2.05, 4.69) is 73.1 Å². The zero-order valence-electron chi connectivity index (χ0n) is 9.58. The van der Waals surface area contributed by atoms with E-state index in [-0.39, 0.29) is 0 Å². The van der Waals surface area contributed by atoms with Gasteiger partial charge in [0.1, 0.15) is 0 Å². The van der Waals surface area contributed by atoms with E-state index in [4.69, 9.17) is 0 Å². The van der Waals surface area contributed by atoms with Crippen molar-refractivity contribution >= 4 is 37.5 Å². The molecule has 1 heterocycles. The first-order chi connectivity index (χ1) is 8.20. The van der Waals surface area contributed by atoms with E-state index < -0.39 is 0 Å². The monoisotopic (exact) mass is 356 g/mol. The highest BCUT2D eigenvalue weighted by molar-refractivity contribution is 9.11. The summed E-state index contributed by atoms with van der Waals surface area (Å²) in [5.41, 5.74) is 2.39. The van der Waals surface area contributed by atoms with Crippen molar-refractivity contribution in [3.63, 3.8) is 0 Å².